The first-order valence-electron chi connectivity index (χ1n) is 9.41. The zero-order valence-electron chi connectivity index (χ0n) is 16.3. The van der Waals surface area contributed by atoms with Crippen molar-refractivity contribution in [3.63, 3.8) is 0 Å². The van der Waals surface area contributed by atoms with Gasteiger partial charge in [-0.1, -0.05) is 0 Å². The number of piperazine rings is 1. The van der Waals surface area contributed by atoms with Crippen molar-refractivity contribution in [2.45, 2.75) is 13.5 Å². The van der Waals surface area contributed by atoms with Gasteiger partial charge in [0.2, 0.25) is 0 Å². The number of carbonyl (C=O) groups is 1. The lowest BCUT2D eigenvalue weighted by Gasteiger charge is -2.33. The van der Waals surface area contributed by atoms with Gasteiger partial charge in [-0.2, -0.15) is 0 Å². The number of esters is 1. The lowest BCUT2D eigenvalue weighted by molar-refractivity contribution is -0.915. The van der Waals surface area contributed by atoms with Gasteiger partial charge in [-0.15, -0.1) is 11.3 Å². The molecular weight excluding hydrogens is 395 g/mol. The number of fused-ring (bicyclic) bond motifs is 1. The highest BCUT2D eigenvalue weighted by Crippen LogP contribution is 2.27. The van der Waals surface area contributed by atoms with Crippen LogP contribution in [0.15, 0.2) is 29.1 Å². The Hall–Kier alpha value is -2.78. The molecule has 0 unspecified atom stereocenters. The predicted octanol–water partition coefficient (Wildman–Crippen LogP) is 1.12. The topological polar surface area (TPSA) is 79.7 Å². The predicted molar refractivity (Wildman–Crippen MR) is 109 cm³/mol. The van der Waals surface area contributed by atoms with E-state index < -0.39 is 5.97 Å². The van der Waals surface area contributed by atoms with E-state index in [0.29, 0.717) is 33.0 Å². The second-order valence-corrected chi connectivity index (χ2v) is 8.13. The minimum Gasteiger partial charge on any atom is -0.465 e. The van der Waals surface area contributed by atoms with Gasteiger partial charge in [0, 0.05) is 5.69 Å². The number of aromatic nitrogens is 2. The fraction of sp³-hybridized carbons (Fsp3) is 0.350. The first-order valence-corrected chi connectivity index (χ1v) is 10.2. The van der Waals surface area contributed by atoms with Crippen molar-refractivity contribution in [2.75, 3.05) is 38.2 Å². The number of aryl methyl sites for hydroxylation is 1. The van der Waals surface area contributed by atoms with Gasteiger partial charge in [-0.3, -0.25) is 4.79 Å². The van der Waals surface area contributed by atoms with Crippen LogP contribution in [0.2, 0.25) is 0 Å². The van der Waals surface area contributed by atoms with E-state index in [1.165, 1.54) is 35.5 Å². The molecule has 0 spiro atoms. The average Bonchev–Trinajstić information content (AvgIpc) is 3.05. The molecule has 1 saturated heterocycles. The highest BCUT2D eigenvalue weighted by molar-refractivity contribution is 7.20. The molecule has 1 aliphatic heterocycles. The van der Waals surface area contributed by atoms with Crippen LogP contribution in [-0.4, -0.2) is 49.2 Å². The number of H-pyrrole nitrogens is 1. The van der Waals surface area contributed by atoms with Crippen LogP contribution in [0, 0.1) is 12.7 Å². The van der Waals surface area contributed by atoms with Crippen LogP contribution in [0.25, 0.3) is 10.2 Å². The molecule has 0 bridgehead atoms. The van der Waals surface area contributed by atoms with E-state index in [2.05, 4.69) is 14.9 Å². The van der Waals surface area contributed by atoms with E-state index in [1.54, 1.807) is 19.1 Å². The molecule has 7 nitrogen and oxygen atoms in total. The molecular formula is C20H22FN4O3S+. The Morgan fingerprint density at radius 3 is 2.66 bits per heavy atom. The molecule has 0 amide bonds. The van der Waals surface area contributed by atoms with Gasteiger partial charge in [0.15, 0.2) is 5.82 Å². The van der Waals surface area contributed by atoms with Crippen molar-refractivity contribution in [3.8, 4) is 0 Å². The van der Waals surface area contributed by atoms with Gasteiger partial charge in [-0.25, -0.2) is 14.2 Å². The number of thiophene rings is 1. The monoisotopic (exact) mass is 417 g/mol. The molecule has 9 heteroatoms. The van der Waals surface area contributed by atoms with Gasteiger partial charge < -0.3 is 19.5 Å². The summed E-state index contributed by atoms with van der Waals surface area (Å²) in [6.45, 7) is 5.80. The smallest absolute Gasteiger partial charge is 0.348 e. The number of aromatic amines is 1. The lowest BCUT2D eigenvalue weighted by atomic mass is 10.2. The molecule has 3 aromatic rings. The van der Waals surface area contributed by atoms with Gasteiger partial charge in [0.05, 0.1) is 38.7 Å². The Balaban J connectivity index is 1.48. The third kappa shape index (κ3) is 3.88. The molecule has 3 heterocycles. The van der Waals surface area contributed by atoms with Crippen molar-refractivity contribution in [1.82, 2.24) is 9.97 Å². The second-order valence-electron chi connectivity index (χ2n) is 7.13. The fourth-order valence-electron chi connectivity index (χ4n) is 3.71. The van der Waals surface area contributed by atoms with Gasteiger partial charge in [-0.05, 0) is 36.8 Å². The summed E-state index contributed by atoms with van der Waals surface area (Å²) in [5.41, 5.74) is 1.40. The number of rotatable bonds is 4. The maximum Gasteiger partial charge on any atom is 0.348 e. The summed E-state index contributed by atoms with van der Waals surface area (Å²) in [6, 6.07) is 6.55. The van der Waals surface area contributed by atoms with Gasteiger partial charge in [0.1, 0.15) is 22.1 Å². The number of quaternary nitrogens is 1. The maximum absolute atomic E-state index is 13.1. The zero-order chi connectivity index (χ0) is 20.5. The number of nitrogens with one attached hydrogen (secondary N) is 2. The van der Waals surface area contributed by atoms with Crippen LogP contribution >= 0.6 is 11.3 Å². The molecule has 0 atom stereocenters. The summed E-state index contributed by atoms with van der Waals surface area (Å²) in [6.07, 6.45) is 0. The summed E-state index contributed by atoms with van der Waals surface area (Å²) in [4.78, 5) is 36.4. The Kier molecular flexibility index (Phi) is 5.33. The van der Waals surface area contributed by atoms with E-state index in [4.69, 9.17) is 4.74 Å². The number of carbonyl (C=O) groups excluding carboxylic acids is 1. The second kappa shape index (κ2) is 7.92. The number of nitrogens with zero attached hydrogens (tertiary/aromatic N) is 2. The molecule has 2 aromatic heterocycles. The fourth-order valence-corrected chi connectivity index (χ4v) is 4.83. The minimum absolute atomic E-state index is 0.224. The Morgan fingerprint density at radius 2 is 2.00 bits per heavy atom. The highest BCUT2D eigenvalue weighted by Gasteiger charge is 2.23. The van der Waals surface area contributed by atoms with Crippen LogP contribution in [0.4, 0.5) is 10.1 Å². The van der Waals surface area contributed by atoms with Crippen LogP contribution in [-0.2, 0) is 11.3 Å². The minimum atomic E-state index is -0.450. The molecule has 0 radical (unpaired) electrons. The summed E-state index contributed by atoms with van der Waals surface area (Å²) in [5, 5.41) is 0.454. The Labute approximate surface area is 170 Å². The number of hydrogen-bond acceptors (Lipinski definition) is 6. The van der Waals surface area contributed by atoms with E-state index in [-0.39, 0.29) is 11.4 Å². The molecule has 2 N–H and O–H groups in total. The van der Waals surface area contributed by atoms with E-state index in [0.717, 1.165) is 31.9 Å². The Morgan fingerprint density at radius 1 is 1.31 bits per heavy atom. The molecule has 1 fully saturated rings. The summed E-state index contributed by atoms with van der Waals surface area (Å²) < 4.78 is 17.9. The first-order chi connectivity index (χ1) is 14.0. The van der Waals surface area contributed by atoms with E-state index in [9.17, 15) is 14.0 Å². The van der Waals surface area contributed by atoms with Crippen molar-refractivity contribution in [3.05, 3.63) is 56.7 Å². The van der Waals surface area contributed by atoms with Crippen molar-refractivity contribution >= 4 is 33.2 Å². The van der Waals surface area contributed by atoms with Gasteiger partial charge in [0.25, 0.3) is 5.56 Å². The quantitative estimate of drug-likeness (QED) is 0.622. The number of ether oxygens (including phenoxy) is 1. The highest BCUT2D eigenvalue weighted by atomic mass is 32.1. The maximum atomic E-state index is 13.1. The molecule has 0 aliphatic carbocycles. The van der Waals surface area contributed by atoms with E-state index >= 15 is 0 Å². The molecule has 1 aliphatic rings. The molecule has 29 heavy (non-hydrogen) atoms. The van der Waals surface area contributed by atoms with Crippen molar-refractivity contribution < 1.29 is 18.8 Å². The van der Waals surface area contributed by atoms with Crippen molar-refractivity contribution in [2.24, 2.45) is 0 Å². The average molecular weight is 417 g/mol. The number of methoxy groups -OCH3 is 1. The number of hydrogen-bond donors (Lipinski definition) is 2. The standard InChI is InChI=1S/C20H21FN4O3S/c1-12-16-18(26)22-15(23-19(16)29-17(12)20(27)28-2)11-24-7-9-25(10-8-24)14-5-3-13(21)4-6-14/h3-6H,7-11H2,1-2H3,(H,22,23,26)/p+1. The largest absolute Gasteiger partial charge is 0.465 e. The van der Waals surface area contributed by atoms with Crippen LogP contribution in [0.5, 0.6) is 0 Å². The molecule has 152 valence electrons. The van der Waals surface area contributed by atoms with Crippen LogP contribution in [0.3, 0.4) is 0 Å². The summed E-state index contributed by atoms with van der Waals surface area (Å²) in [7, 11) is 1.32. The number of halogens is 1. The summed E-state index contributed by atoms with van der Waals surface area (Å²) in [5.74, 6) is -0.0676. The molecule has 0 saturated carbocycles. The molecule has 1 aromatic carbocycles. The first kappa shape index (κ1) is 19.5. The normalized spacial score (nSPS) is 15.1. The summed E-state index contributed by atoms with van der Waals surface area (Å²) >= 11 is 1.19. The number of anilines is 1. The molecule has 4 rings (SSSR count). The lowest BCUT2D eigenvalue weighted by Crippen LogP contribution is -3.13. The Bertz CT molecular complexity index is 1100. The van der Waals surface area contributed by atoms with E-state index in [1.807, 2.05) is 0 Å². The SMILES string of the molecule is COC(=O)c1sc2nc(C[NH+]3CCN(c4ccc(F)cc4)CC3)[nH]c(=O)c2c1C. The van der Waals surface area contributed by atoms with Crippen LogP contribution < -0.4 is 15.4 Å². The third-order valence-electron chi connectivity index (χ3n) is 5.30. The van der Waals surface area contributed by atoms with Crippen LogP contribution in [0.1, 0.15) is 21.1 Å². The third-order valence-corrected chi connectivity index (χ3v) is 6.47. The zero-order valence-corrected chi connectivity index (χ0v) is 17.1. The van der Waals surface area contributed by atoms with Gasteiger partial charge >= 0.3 is 5.97 Å². The number of benzene rings is 1. The van der Waals surface area contributed by atoms with Crippen molar-refractivity contribution in [1.29, 1.82) is 0 Å².